The minimum absolute atomic E-state index is 0.526. The quantitative estimate of drug-likeness (QED) is 0.597. The number of halogens is 1. The fourth-order valence-electron chi connectivity index (χ4n) is 2.41. The number of benzene rings is 2. The van der Waals surface area contributed by atoms with E-state index in [1.165, 1.54) is 0 Å². The summed E-state index contributed by atoms with van der Waals surface area (Å²) in [6.45, 7) is 6.74. The van der Waals surface area contributed by atoms with Crippen LogP contribution >= 0.6 is 15.9 Å². The van der Waals surface area contributed by atoms with Gasteiger partial charge < -0.3 is 14.8 Å². The summed E-state index contributed by atoms with van der Waals surface area (Å²) in [5.41, 5.74) is 2.24. The summed E-state index contributed by atoms with van der Waals surface area (Å²) < 4.78 is 12.6. The molecule has 2 rings (SSSR count). The van der Waals surface area contributed by atoms with Crippen LogP contribution in [0.4, 0.5) is 0 Å². The number of methoxy groups -OCH3 is 1. The Hall–Kier alpha value is -1.52. The normalized spacial score (nSPS) is 10.9. The van der Waals surface area contributed by atoms with Gasteiger partial charge in [-0.1, -0.05) is 60.1 Å². The van der Waals surface area contributed by atoms with E-state index in [0.29, 0.717) is 12.5 Å². The molecule has 0 aliphatic heterocycles. The van der Waals surface area contributed by atoms with E-state index in [4.69, 9.17) is 9.47 Å². The minimum Gasteiger partial charge on any atom is -0.493 e. The van der Waals surface area contributed by atoms with Crippen LogP contribution in [-0.4, -0.2) is 13.7 Å². The highest BCUT2D eigenvalue weighted by Gasteiger charge is 2.13. The van der Waals surface area contributed by atoms with Crippen molar-refractivity contribution in [2.24, 2.45) is 5.92 Å². The van der Waals surface area contributed by atoms with Gasteiger partial charge in [-0.3, -0.25) is 0 Å². The lowest BCUT2D eigenvalue weighted by atomic mass is 10.1. The lowest BCUT2D eigenvalue weighted by molar-refractivity contribution is 0.280. The Bertz CT molecular complexity index is 629. The third-order valence-electron chi connectivity index (χ3n) is 3.76. The van der Waals surface area contributed by atoms with Crippen molar-refractivity contribution in [3.63, 3.8) is 0 Å². The number of ether oxygens (including phenoxy) is 2. The SMILES string of the molecule is COc1cc(Br)cc(CNCCC(C)C)c1OCc1ccccc1. The molecule has 0 saturated carbocycles. The minimum atomic E-state index is 0.526. The van der Waals surface area contributed by atoms with Gasteiger partial charge in [0.2, 0.25) is 0 Å². The third kappa shape index (κ3) is 5.84. The van der Waals surface area contributed by atoms with Crippen molar-refractivity contribution in [1.29, 1.82) is 0 Å². The van der Waals surface area contributed by atoms with Crippen molar-refractivity contribution in [3.8, 4) is 11.5 Å². The van der Waals surface area contributed by atoms with Crippen LogP contribution in [-0.2, 0) is 13.2 Å². The average Bonchev–Trinajstić information content (AvgIpc) is 2.58. The van der Waals surface area contributed by atoms with Crippen molar-refractivity contribution in [2.75, 3.05) is 13.7 Å². The van der Waals surface area contributed by atoms with E-state index >= 15 is 0 Å². The van der Waals surface area contributed by atoms with Crippen LogP contribution in [0.2, 0.25) is 0 Å². The predicted molar refractivity (Wildman–Crippen MR) is 103 cm³/mol. The lowest BCUT2D eigenvalue weighted by Crippen LogP contribution is -2.17. The monoisotopic (exact) mass is 391 g/mol. The lowest BCUT2D eigenvalue weighted by Gasteiger charge is -2.17. The van der Waals surface area contributed by atoms with Crippen molar-refractivity contribution < 1.29 is 9.47 Å². The van der Waals surface area contributed by atoms with E-state index in [2.05, 4.69) is 53.3 Å². The first-order valence-electron chi connectivity index (χ1n) is 8.34. The topological polar surface area (TPSA) is 30.5 Å². The second-order valence-electron chi connectivity index (χ2n) is 6.23. The zero-order chi connectivity index (χ0) is 17.4. The van der Waals surface area contributed by atoms with E-state index in [0.717, 1.165) is 46.6 Å². The fraction of sp³-hybridized carbons (Fsp3) is 0.400. The van der Waals surface area contributed by atoms with Crippen LogP contribution in [0.15, 0.2) is 46.9 Å². The summed E-state index contributed by atoms with van der Waals surface area (Å²) in [5.74, 6) is 2.26. The Morgan fingerprint density at radius 1 is 1.12 bits per heavy atom. The smallest absolute Gasteiger partial charge is 0.166 e. The highest BCUT2D eigenvalue weighted by Crippen LogP contribution is 2.35. The molecule has 0 amide bonds. The standard InChI is InChI=1S/C20H26BrNO2/c1-15(2)9-10-22-13-17-11-18(21)12-19(23-3)20(17)24-14-16-7-5-4-6-8-16/h4-8,11-12,15,22H,9-10,13-14H2,1-3H3. The molecule has 0 atom stereocenters. The number of hydrogen-bond donors (Lipinski definition) is 1. The molecule has 0 radical (unpaired) electrons. The summed E-state index contributed by atoms with van der Waals surface area (Å²) >= 11 is 3.55. The molecule has 2 aromatic rings. The zero-order valence-electron chi connectivity index (χ0n) is 14.6. The largest absolute Gasteiger partial charge is 0.493 e. The van der Waals surface area contributed by atoms with Gasteiger partial charge in [0.1, 0.15) is 6.61 Å². The summed E-state index contributed by atoms with van der Waals surface area (Å²) in [6.07, 6.45) is 1.16. The van der Waals surface area contributed by atoms with E-state index < -0.39 is 0 Å². The summed E-state index contributed by atoms with van der Waals surface area (Å²) in [4.78, 5) is 0. The van der Waals surface area contributed by atoms with E-state index in [-0.39, 0.29) is 0 Å². The van der Waals surface area contributed by atoms with Gasteiger partial charge in [-0.15, -0.1) is 0 Å². The first-order chi connectivity index (χ1) is 11.6. The van der Waals surface area contributed by atoms with E-state index in [1.807, 2.05) is 24.3 Å². The van der Waals surface area contributed by atoms with E-state index in [9.17, 15) is 0 Å². The second kappa shape index (κ2) is 9.70. The molecular weight excluding hydrogens is 366 g/mol. The molecule has 130 valence electrons. The maximum absolute atomic E-state index is 6.09. The van der Waals surface area contributed by atoms with Gasteiger partial charge >= 0.3 is 0 Å². The molecule has 24 heavy (non-hydrogen) atoms. The molecule has 1 N–H and O–H groups in total. The van der Waals surface area contributed by atoms with E-state index in [1.54, 1.807) is 7.11 Å². The van der Waals surface area contributed by atoms with Gasteiger partial charge in [0, 0.05) is 16.6 Å². The van der Waals surface area contributed by atoms with Gasteiger partial charge in [0.05, 0.1) is 7.11 Å². The molecule has 2 aromatic carbocycles. The molecule has 0 spiro atoms. The molecule has 4 heteroatoms. The first-order valence-corrected chi connectivity index (χ1v) is 9.13. The molecule has 0 saturated heterocycles. The second-order valence-corrected chi connectivity index (χ2v) is 7.15. The van der Waals surface area contributed by atoms with Gasteiger partial charge in [0.15, 0.2) is 11.5 Å². The van der Waals surface area contributed by atoms with Crippen molar-refractivity contribution >= 4 is 15.9 Å². The average molecular weight is 392 g/mol. The van der Waals surface area contributed by atoms with Crippen molar-refractivity contribution in [1.82, 2.24) is 5.32 Å². The maximum atomic E-state index is 6.09. The highest BCUT2D eigenvalue weighted by molar-refractivity contribution is 9.10. The Morgan fingerprint density at radius 2 is 1.88 bits per heavy atom. The summed E-state index contributed by atoms with van der Waals surface area (Å²) in [6, 6.07) is 14.2. The molecule has 0 aromatic heterocycles. The Kier molecular flexibility index (Phi) is 7.60. The van der Waals surface area contributed by atoms with Gasteiger partial charge in [-0.25, -0.2) is 0 Å². The summed E-state index contributed by atoms with van der Waals surface area (Å²) in [5, 5.41) is 3.49. The molecule has 0 unspecified atom stereocenters. The highest BCUT2D eigenvalue weighted by atomic mass is 79.9. The molecule has 0 bridgehead atoms. The molecule has 3 nitrogen and oxygen atoms in total. The van der Waals surface area contributed by atoms with Crippen LogP contribution in [0.5, 0.6) is 11.5 Å². The van der Waals surface area contributed by atoms with Crippen LogP contribution in [0.3, 0.4) is 0 Å². The third-order valence-corrected chi connectivity index (χ3v) is 4.21. The van der Waals surface area contributed by atoms with Crippen LogP contribution in [0.25, 0.3) is 0 Å². The fourth-order valence-corrected chi connectivity index (χ4v) is 2.90. The van der Waals surface area contributed by atoms with Crippen LogP contribution < -0.4 is 14.8 Å². The molecule has 0 aliphatic carbocycles. The van der Waals surface area contributed by atoms with Gasteiger partial charge in [0.25, 0.3) is 0 Å². The van der Waals surface area contributed by atoms with Crippen LogP contribution in [0.1, 0.15) is 31.4 Å². The summed E-state index contributed by atoms with van der Waals surface area (Å²) in [7, 11) is 1.67. The maximum Gasteiger partial charge on any atom is 0.166 e. The Morgan fingerprint density at radius 3 is 2.54 bits per heavy atom. The Balaban J connectivity index is 2.10. The van der Waals surface area contributed by atoms with Crippen LogP contribution in [0, 0.1) is 5.92 Å². The van der Waals surface area contributed by atoms with Gasteiger partial charge in [-0.05, 0) is 36.6 Å². The number of hydrogen-bond acceptors (Lipinski definition) is 3. The zero-order valence-corrected chi connectivity index (χ0v) is 16.2. The Labute approximate surface area is 153 Å². The first kappa shape index (κ1) is 18.8. The number of nitrogens with one attached hydrogen (secondary N) is 1. The van der Waals surface area contributed by atoms with Gasteiger partial charge in [-0.2, -0.15) is 0 Å². The van der Waals surface area contributed by atoms with Crippen molar-refractivity contribution in [2.45, 2.75) is 33.4 Å². The number of rotatable bonds is 9. The molecule has 0 aliphatic rings. The van der Waals surface area contributed by atoms with Crippen molar-refractivity contribution in [3.05, 3.63) is 58.1 Å². The predicted octanol–water partition coefficient (Wildman–Crippen LogP) is 5.17. The molecule has 0 fully saturated rings. The molecular formula is C20H26BrNO2. The molecule has 0 heterocycles.